The molecule has 1 fully saturated rings. The molecule has 6 nitrogen and oxygen atoms in total. The highest BCUT2D eigenvalue weighted by Gasteiger charge is 2.28. The van der Waals surface area contributed by atoms with E-state index in [1.807, 2.05) is 13.8 Å². The number of nitrogens with one attached hydrogen (secondary N) is 1. The fourth-order valence-corrected chi connectivity index (χ4v) is 2.75. The van der Waals surface area contributed by atoms with Crippen LogP contribution in [-0.4, -0.2) is 36.1 Å². The molecular formula is C15H25N3O3. The summed E-state index contributed by atoms with van der Waals surface area (Å²) in [5, 5.41) is 10.7. The van der Waals surface area contributed by atoms with E-state index in [1.165, 1.54) is 11.3 Å². The molecule has 2 amide bonds. The van der Waals surface area contributed by atoms with Gasteiger partial charge in [0.1, 0.15) is 0 Å². The number of amides is 2. The van der Waals surface area contributed by atoms with Gasteiger partial charge in [-0.25, -0.2) is 4.79 Å². The van der Waals surface area contributed by atoms with Crippen molar-refractivity contribution < 1.29 is 14.3 Å². The van der Waals surface area contributed by atoms with Crippen LogP contribution < -0.4 is 5.32 Å². The maximum atomic E-state index is 12.0. The summed E-state index contributed by atoms with van der Waals surface area (Å²) in [6, 6.07) is 0. The lowest BCUT2D eigenvalue weighted by atomic mass is 9.85. The number of nitrogens with zero attached hydrogens (tertiary/aromatic N) is 2. The van der Waals surface area contributed by atoms with Crippen LogP contribution in [0.25, 0.3) is 0 Å². The van der Waals surface area contributed by atoms with Gasteiger partial charge in [0.05, 0.1) is 0 Å². The highest BCUT2D eigenvalue weighted by Crippen LogP contribution is 2.28. The van der Waals surface area contributed by atoms with Gasteiger partial charge >= 0.3 is 6.09 Å². The molecule has 0 bridgehead atoms. The Labute approximate surface area is 126 Å². The lowest BCUT2D eigenvalue weighted by Crippen LogP contribution is -2.41. The van der Waals surface area contributed by atoms with Gasteiger partial charge in [-0.05, 0) is 26.2 Å². The Morgan fingerprint density at radius 1 is 1.29 bits per heavy atom. The van der Waals surface area contributed by atoms with Gasteiger partial charge in [0.15, 0.2) is 12.3 Å². The van der Waals surface area contributed by atoms with Crippen molar-refractivity contribution in [1.82, 2.24) is 10.2 Å². The summed E-state index contributed by atoms with van der Waals surface area (Å²) in [6.45, 7) is 4.78. The highest BCUT2D eigenvalue weighted by atomic mass is 16.6. The van der Waals surface area contributed by atoms with Crippen LogP contribution in [-0.2, 0) is 9.53 Å². The summed E-state index contributed by atoms with van der Waals surface area (Å²) in [7, 11) is 0. The molecule has 1 atom stereocenters. The molecule has 0 aromatic heterocycles. The molecule has 0 unspecified atom stereocenters. The Morgan fingerprint density at radius 3 is 2.43 bits per heavy atom. The minimum Gasteiger partial charge on any atom is -0.436 e. The number of nitriles is 1. The molecule has 0 saturated heterocycles. The number of carbonyl (C=O) groups excluding carboxylic acids is 2. The van der Waals surface area contributed by atoms with Crippen LogP contribution in [0.2, 0.25) is 0 Å². The first-order valence-corrected chi connectivity index (χ1v) is 7.76. The smallest absolute Gasteiger partial charge is 0.410 e. The van der Waals surface area contributed by atoms with E-state index in [2.05, 4.69) is 5.32 Å². The molecule has 6 heteroatoms. The van der Waals surface area contributed by atoms with E-state index >= 15 is 0 Å². The zero-order valence-electron chi connectivity index (χ0n) is 12.9. The first-order chi connectivity index (χ1) is 10.1. The lowest BCUT2D eigenvalue weighted by molar-refractivity contribution is -0.130. The Kier molecular flexibility index (Phi) is 7.59. The second kappa shape index (κ2) is 9.22. The van der Waals surface area contributed by atoms with Crippen LogP contribution in [0.1, 0.15) is 52.4 Å². The molecule has 21 heavy (non-hydrogen) atoms. The van der Waals surface area contributed by atoms with Crippen molar-refractivity contribution in [2.24, 2.45) is 5.92 Å². The summed E-state index contributed by atoms with van der Waals surface area (Å²) in [4.78, 5) is 25.5. The number of hydrogen-bond acceptors (Lipinski definition) is 4. The van der Waals surface area contributed by atoms with Gasteiger partial charge in [-0.3, -0.25) is 10.1 Å². The summed E-state index contributed by atoms with van der Waals surface area (Å²) in [5.41, 5.74) is 0. The van der Waals surface area contributed by atoms with Crippen LogP contribution in [0.3, 0.4) is 0 Å². The van der Waals surface area contributed by atoms with Gasteiger partial charge in [-0.1, -0.05) is 32.1 Å². The maximum Gasteiger partial charge on any atom is 0.410 e. The molecule has 0 aromatic rings. The molecule has 0 aromatic carbocycles. The highest BCUT2D eigenvalue weighted by molar-refractivity contribution is 5.84. The van der Waals surface area contributed by atoms with E-state index in [9.17, 15) is 9.59 Å². The zero-order valence-corrected chi connectivity index (χ0v) is 12.9. The molecule has 1 N–H and O–H groups in total. The fraction of sp³-hybridized carbons (Fsp3) is 0.800. The van der Waals surface area contributed by atoms with Gasteiger partial charge in [-0.15, -0.1) is 0 Å². The van der Waals surface area contributed by atoms with E-state index in [4.69, 9.17) is 10.00 Å². The van der Waals surface area contributed by atoms with Gasteiger partial charge in [0, 0.05) is 13.1 Å². The van der Waals surface area contributed by atoms with E-state index < -0.39 is 18.1 Å². The van der Waals surface area contributed by atoms with Gasteiger partial charge in [0.25, 0.3) is 5.91 Å². The third-order valence-electron chi connectivity index (χ3n) is 4.01. The van der Waals surface area contributed by atoms with Gasteiger partial charge in [-0.2, -0.15) is 5.26 Å². The van der Waals surface area contributed by atoms with E-state index in [-0.39, 0.29) is 0 Å². The van der Waals surface area contributed by atoms with Crippen molar-refractivity contribution >= 4 is 12.0 Å². The van der Waals surface area contributed by atoms with E-state index in [0.29, 0.717) is 25.4 Å². The second-order valence-electron chi connectivity index (χ2n) is 5.39. The van der Waals surface area contributed by atoms with Crippen molar-refractivity contribution in [3.05, 3.63) is 0 Å². The molecule has 1 aliphatic rings. The first kappa shape index (κ1) is 17.3. The van der Waals surface area contributed by atoms with Crippen LogP contribution in [0.5, 0.6) is 0 Å². The first-order valence-electron chi connectivity index (χ1n) is 7.76. The SMILES string of the molecule is CCN(CC)C(=O)O[C@H](CC1CCCCC1)C(=O)NC#N. The summed E-state index contributed by atoms with van der Waals surface area (Å²) < 4.78 is 5.34. The predicted molar refractivity (Wildman–Crippen MR) is 78.1 cm³/mol. The number of ether oxygens (including phenoxy) is 1. The Balaban J connectivity index is 2.65. The topological polar surface area (TPSA) is 82.4 Å². The van der Waals surface area contributed by atoms with Crippen molar-refractivity contribution in [3.63, 3.8) is 0 Å². The van der Waals surface area contributed by atoms with Crippen molar-refractivity contribution in [1.29, 1.82) is 5.26 Å². The normalized spacial score (nSPS) is 16.6. The monoisotopic (exact) mass is 295 g/mol. The van der Waals surface area contributed by atoms with Crippen molar-refractivity contribution in [2.45, 2.75) is 58.5 Å². The fourth-order valence-electron chi connectivity index (χ4n) is 2.75. The van der Waals surface area contributed by atoms with Crippen LogP contribution >= 0.6 is 0 Å². The largest absolute Gasteiger partial charge is 0.436 e. The van der Waals surface area contributed by atoms with Crippen LogP contribution in [0.4, 0.5) is 4.79 Å². The average molecular weight is 295 g/mol. The lowest BCUT2D eigenvalue weighted by Gasteiger charge is -2.27. The minimum atomic E-state index is -0.874. The Morgan fingerprint density at radius 2 is 1.90 bits per heavy atom. The Bertz CT molecular complexity index is 382. The van der Waals surface area contributed by atoms with E-state index in [1.54, 1.807) is 6.19 Å². The van der Waals surface area contributed by atoms with Crippen LogP contribution in [0, 0.1) is 17.4 Å². The van der Waals surface area contributed by atoms with Gasteiger partial charge < -0.3 is 9.64 Å². The molecule has 0 aliphatic heterocycles. The maximum absolute atomic E-state index is 12.0. The molecule has 0 heterocycles. The molecular weight excluding hydrogens is 270 g/mol. The third kappa shape index (κ3) is 5.62. The quantitative estimate of drug-likeness (QED) is 0.602. The van der Waals surface area contributed by atoms with Gasteiger partial charge in [0.2, 0.25) is 0 Å². The molecule has 1 rings (SSSR count). The molecule has 1 saturated carbocycles. The Hall–Kier alpha value is -1.77. The average Bonchev–Trinajstić information content (AvgIpc) is 2.49. The standard InChI is InChI=1S/C15H25N3O3/c1-3-18(4-2)15(20)21-13(14(19)17-11-16)10-12-8-6-5-7-9-12/h12-13H,3-10H2,1-2H3,(H,17,19)/t13-/m1/s1. The third-order valence-corrected chi connectivity index (χ3v) is 4.01. The molecule has 1 aliphatic carbocycles. The number of carbonyl (C=O) groups is 2. The summed E-state index contributed by atoms with van der Waals surface area (Å²) >= 11 is 0. The molecule has 0 spiro atoms. The minimum absolute atomic E-state index is 0.387. The predicted octanol–water partition coefficient (Wildman–Crippen LogP) is 2.40. The molecule has 0 radical (unpaired) electrons. The van der Waals surface area contributed by atoms with E-state index in [0.717, 1.165) is 25.7 Å². The number of rotatable bonds is 6. The summed E-state index contributed by atoms with van der Waals surface area (Å²) in [5.74, 6) is -0.138. The zero-order chi connectivity index (χ0) is 15.7. The molecule has 118 valence electrons. The van der Waals surface area contributed by atoms with Crippen molar-refractivity contribution in [3.8, 4) is 6.19 Å². The van der Waals surface area contributed by atoms with Crippen LogP contribution in [0.15, 0.2) is 0 Å². The van der Waals surface area contributed by atoms with Crippen molar-refractivity contribution in [2.75, 3.05) is 13.1 Å². The number of hydrogen-bond donors (Lipinski definition) is 1. The summed E-state index contributed by atoms with van der Waals surface area (Å²) in [6.07, 6.45) is 6.39. The second-order valence-corrected chi connectivity index (χ2v) is 5.39.